The highest BCUT2D eigenvalue weighted by atomic mass is 16.6. The summed E-state index contributed by atoms with van der Waals surface area (Å²) in [4.78, 5) is 36.7. The third kappa shape index (κ3) is 3.07. The number of hydrogen-bond acceptors (Lipinski definition) is 6. The van der Waals surface area contributed by atoms with Crippen molar-refractivity contribution in [3.8, 4) is 0 Å². The number of esters is 3. The first-order valence-electron chi connectivity index (χ1n) is 8.38. The maximum absolute atomic E-state index is 11.4. The molecule has 0 N–H and O–H groups in total. The lowest BCUT2D eigenvalue weighted by molar-refractivity contribution is -0.153. The second-order valence-corrected chi connectivity index (χ2v) is 6.64. The van der Waals surface area contributed by atoms with Crippen molar-refractivity contribution in [2.45, 2.75) is 32.6 Å². The molecular weight excluding hydrogens is 312 g/mol. The van der Waals surface area contributed by atoms with Gasteiger partial charge in [-0.25, -0.2) is 4.98 Å². The van der Waals surface area contributed by atoms with Gasteiger partial charge in [-0.2, -0.15) is 0 Å². The molecule has 2 aliphatic heterocycles. The second-order valence-electron chi connectivity index (χ2n) is 6.64. The molecule has 4 atom stereocenters. The van der Waals surface area contributed by atoms with Crippen molar-refractivity contribution in [3.05, 3.63) is 18.2 Å². The number of carbonyl (C=O) groups excluding carboxylic acids is 3. The molecule has 0 bridgehead atoms. The fourth-order valence-electron chi connectivity index (χ4n) is 3.47. The molecule has 1 aromatic rings. The Balaban J connectivity index is 0.000000159. The van der Waals surface area contributed by atoms with Crippen molar-refractivity contribution < 1.29 is 23.9 Å². The highest BCUT2D eigenvalue weighted by Crippen LogP contribution is 2.40. The van der Waals surface area contributed by atoms with Crippen LogP contribution in [0.3, 0.4) is 0 Å². The van der Waals surface area contributed by atoms with Gasteiger partial charge >= 0.3 is 17.9 Å². The van der Waals surface area contributed by atoms with E-state index in [1.165, 1.54) is 0 Å². The van der Waals surface area contributed by atoms with E-state index >= 15 is 0 Å². The number of rotatable bonds is 3. The molecule has 4 rings (SSSR count). The van der Waals surface area contributed by atoms with Crippen molar-refractivity contribution >= 4 is 17.9 Å². The normalized spacial score (nSPS) is 30.8. The number of fused-ring (bicyclic) bond motifs is 1. The van der Waals surface area contributed by atoms with E-state index in [2.05, 4.69) is 9.72 Å². The first kappa shape index (κ1) is 16.7. The summed E-state index contributed by atoms with van der Waals surface area (Å²) in [5.74, 6) is -0.412. The largest absolute Gasteiger partial charge is 0.465 e. The van der Waals surface area contributed by atoms with Crippen LogP contribution >= 0.6 is 0 Å². The van der Waals surface area contributed by atoms with Crippen molar-refractivity contribution in [2.75, 3.05) is 6.61 Å². The molecule has 2 saturated heterocycles. The van der Waals surface area contributed by atoms with Gasteiger partial charge < -0.3 is 14.0 Å². The second kappa shape index (κ2) is 6.75. The SMILES string of the molecule is CCC1C(=O)OCC1Cc1cncn1C.O=C1OC(=O)C2CCC12. The minimum atomic E-state index is -0.309. The van der Waals surface area contributed by atoms with Crippen LogP contribution in [0.4, 0.5) is 0 Å². The molecule has 0 amide bonds. The van der Waals surface area contributed by atoms with E-state index in [0.29, 0.717) is 12.5 Å². The number of ether oxygens (including phenoxy) is 2. The van der Waals surface area contributed by atoms with Crippen LogP contribution in [0.1, 0.15) is 31.9 Å². The summed E-state index contributed by atoms with van der Waals surface area (Å²) in [6.07, 6.45) is 7.07. The predicted octanol–water partition coefficient (Wildman–Crippen LogP) is 1.26. The Kier molecular flexibility index (Phi) is 4.69. The number of aromatic nitrogens is 2. The van der Waals surface area contributed by atoms with Crippen LogP contribution in [0.15, 0.2) is 12.5 Å². The summed E-state index contributed by atoms with van der Waals surface area (Å²) >= 11 is 0. The highest BCUT2D eigenvalue weighted by Gasteiger charge is 2.50. The van der Waals surface area contributed by atoms with E-state index in [4.69, 9.17) is 4.74 Å². The Morgan fingerprint density at radius 1 is 1.17 bits per heavy atom. The summed E-state index contributed by atoms with van der Waals surface area (Å²) in [6.45, 7) is 2.59. The van der Waals surface area contributed by atoms with Crippen molar-refractivity contribution in [2.24, 2.45) is 30.7 Å². The van der Waals surface area contributed by atoms with Gasteiger partial charge in [0.15, 0.2) is 0 Å². The molecule has 3 heterocycles. The van der Waals surface area contributed by atoms with Crippen molar-refractivity contribution in [3.63, 3.8) is 0 Å². The van der Waals surface area contributed by atoms with Gasteiger partial charge in [0.25, 0.3) is 0 Å². The van der Waals surface area contributed by atoms with Crippen LogP contribution in [-0.4, -0.2) is 34.1 Å². The molecular formula is C17H22N2O5. The fraction of sp³-hybridized carbons (Fsp3) is 0.647. The van der Waals surface area contributed by atoms with Gasteiger partial charge in [0, 0.05) is 24.9 Å². The summed E-state index contributed by atoms with van der Waals surface area (Å²) < 4.78 is 11.5. The Morgan fingerprint density at radius 2 is 1.83 bits per heavy atom. The van der Waals surface area contributed by atoms with E-state index in [-0.39, 0.29) is 35.7 Å². The predicted molar refractivity (Wildman–Crippen MR) is 82.5 cm³/mol. The van der Waals surface area contributed by atoms with E-state index in [1.807, 2.05) is 24.7 Å². The lowest BCUT2D eigenvalue weighted by atomic mass is 9.76. The standard InChI is InChI=1S/C11H16N2O2.C6H6O3/c1-3-10-8(6-15-11(10)14)4-9-5-12-7-13(9)2;7-5-3-1-2-4(3)6(8)9-5/h5,7-8,10H,3-4,6H2,1-2H3;3-4H,1-2H2. The van der Waals surface area contributed by atoms with Crippen molar-refractivity contribution in [1.29, 1.82) is 0 Å². The number of imidazole rings is 1. The van der Waals surface area contributed by atoms with E-state index < -0.39 is 0 Å². The quantitative estimate of drug-likeness (QED) is 0.611. The minimum Gasteiger partial charge on any atom is -0.465 e. The summed E-state index contributed by atoms with van der Waals surface area (Å²) in [6, 6.07) is 0. The monoisotopic (exact) mass is 334 g/mol. The first-order valence-corrected chi connectivity index (χ1v) is 8.38. The molecule has 1 saturated carbocycles. The van der Waals surface area contributed by atoms with Crippen LogP contribution in [0, 0.1) is 23.7 Å². The van der Waals surface area contributed by atoms with Gasteiger partial charge in [-0.15, -0.1) is 0 Å². The Labute approximate surface area is 140 Å². The molecule has 3 fully saturated rings. The molecule has 0 aromatic carbocycles. The molecule has 24 heavy (non-hydrogen) atoms. The zero-order valence-corrected chi connectivity index (χ0v) is 13.9. The average Bonchev–Trinajstić information content (AvgIpc) is 3.09. The first-order chi connectivity index (χ1) is 11.5. The third-order valence-corrected chi connectivity index (χ3v) is 5.22. The lowest BCUT2D eigenvalue weighted by Crippen LogP contribution is -2.27. The Bertz CT molecular complexity index is 633. The number of nitrogens with zero attached hydrogens (tertiary/aromatic N) is 2. The molecule has 7 nitrogen and oxygen atoms in total. The van der Waals surface area contributed by atoms with Crippen LogP contribution in [0.25, 0.3) is 0 Å². The topological polar surface area (TPSA) is 87.5 Å². The molecule has 7 heteroatoms. The number of aryl methyl sites for hydroxylation is 1. The van der Waals surface area contributed by atoms with E-state index in [0.717, 1.165) is 31.4 Å². The Morgan fingerprint density at radius 3 is 2.29 bits per heavy atom. The summed E-state index contributed by atoms with van der Waals surface area (Å²) in [5.41, 5.74) is 1.16. The Hall–Kier alpha value is -2.18. The van der Waals surface area contributed by atoms with Crippen LogP contribution in [0.2, 0.25) is 0 Å². The number of carbonyl (C=O) groups is 3. The fourth-order valence-corrected chi connectivity index (χ4v) is 3.47. The summed E-state index contributed by atoms with van der Waals surface area (Å²) in [7, 11) is 1.97. The number of hydrogen-bond donors (Lipinski definition) is 0. The molecule has 130 valence electrons. The lowest BCUT2D eigenvalue weighted by Gasteiger charge is -2.22. The van der Waals surface area contributed by atoms with Gasteiger partial charge in [0.1, 0.15) is 0 Å². The van der Waals surface area contributed by atoms with Gasteiger partial charge in [-0.1, -0.05) is 6.92 Å². The van der Waals surface area contributed by atoms with Crippen LogP contribution in [0.5, 0.6) is 0 Å². The zero-order valence-electron chi connectivity index (χ0n) is 13.9. The van der Waals surface area contributed by atoms with E-state index in [9.17, 15) is 14.4 Å². The summed E-state index contributed by atoms with van der Waals surface area (Å²) in [5, 5.41) is 0. The molecule has 0 spiro atoms. The van der Waals surface area contributed by atoms with E-state index in [1.54, 1.807) is 6.33 Å². The molecule has 0 radical (unpaired) electrons. The zero-order chi connectivity index (χ0) is 17.3. The van der Waals surface area contributed by atoms with Crippen LogP contribution < -0.4 is 0 Å². The van der Waals surface area contributed by atoms with Crippen LogP contribution in [-0.2, 0) is 37.3 Å². The van der Waals surface area contributed by atoms with Gasteiger partial charge in [-0.3, -0.25) is 14.4 Å². The maximum atomic E-state index is 11.4. The third-order valence-electron chi connectivity index (χ3n) is 5.22. The van der Waals surface area contributed by atoms with Gasteiger partial charge in [-0.05, 0) is 25.7 Å². The average molecular weight is 334 g/mol. The number of cyclic esters (lactones) is 3. The van der Waals surface area contributed by atoms with Gasteiger partial charge in [0.2, 0.25) is 0 Å². The minimum absolute atomic E-state index is 0.0373. The molecule has 1 aliphatic carbocycles. The smallest absolute Gasteiger partial charge is 0.317 e. The highest BCUT2D eigenvalue weighted by molar-refractivity contribution is 5.97. The molecule has 4 unspecified atom stereocenters. The maximum Gasteiger partial charge on any atom is 0.317 e. The molecule has 3 aliphatic rings. The van der Waals surface area contributed by atoms with Gasteiger partial charge in [0.05, 0.1) is 30.7 Å². The van der Waals surface area contributed by atoms with Crippen molar-refractivity contribution in [1.82, 2.24) is 9.55 Å². The molecule has 1 aromatic heterocycles.